The number of benzene rings is 1. The van der Waals surface area contributed by atoms with Crippen LogP contribution < -0.4 is 15.4 Å². The third kappa shape index (κ3) is 5.17. The Morgan fingerprint density at radius 1 is 1.29 bits per heavy atom. The van der Waals surface area contributed by atoms with Gasteiger partial charge in [-0.3, -0.25) is 4.79 Å². The maximum Gasteiger partial charge on any atom is 0.303 e. The van der Waals surface area contributed by atoms with Gasteiger partial charge < -0.3 is 24.9 Å². The molecule has 0 bridgehead atoms. The smallest absolute Gasteiger partial charge is 0.303 e. The molecule has 0 spiro atoms. The first kappa shape index (κ1) is 21.6. The van der Waals surface area contributed by atoms with E-state index in [9.17, 15) is 4.79 Å². The molecule has 4 rings (SSSR count). The molecule has 31 heavy (non-hydrogen) atoms. The zero-order chi connectivity index (χ0) is 21.8. The number of carboxylic acid groups (broad SMARTS) is 1. The number of allylic oxidation sites excluding steroid dienone is 2. The predicted octanol–water partition coefficient (Wildman–Crippen LogP) is 3.42. The molecule has 2 atom stereocenters. The highest BCUT2D eigenvalue weighted by Gasteiger charge is 2.24. The highest BCUT2D eigenvalue weighted by molar-refractivity contribution is 5.76. The molecule has 7 nitrogen and oxygen atoms in total. The standard InChI is InChI=1S/C24H31N3O4/c1-15-13-26-21(14-25-15)24-27-20(16(2)31-24)11-12-30-22-8-4-6-18-17(9-10-23(28)29)5-3-7-19(18)22/h4-6,8,15,21,25-26H,3,7,9-14H2,1-2H3,(H,28,29). The molecule has 2 unspecified atom stereocenters. The zero-order valence-electron chi connectivity index (χ0n) is 18.2. The van der Waals surface area contributed by atoms with Crippen molar-refractivity contribution >= 4 is 11.5 Å². The van der Waals surface area contributed by atoms with Crippen molar-refractivity contribution in [3.8, 4) is 5.75 Å². The number of nitrogens with zero attached hydrogens (tertiary/aromatic N) is 1. The number of carboxylic acids is 1. The van der Waals surface area contributed by atoms with E-state index in [1.807, 2.05) is 19.1 Å². The van der Waals surface area contributed by atoms with Gasteiger partial charge in [-0.25, -0.2) is 4.98 Å². The van der Waals surface area contributed by atoms with E-state index in [1.165, 1.54) is 5.56 Å². The first-order valence-corrected chi connectivity index (χ1v) is 11.1. The Bertz CT molecular complexity index is 958. The Morgan fingerprint density at radius 3 is 2.94 bits per heavy atom. The fourth-order valence-electron chi connectivity index (χ4n) is 4.28. The van der Waals surface area contributed by atoms with E-state index in [1.54, 1.807) is 0 Å². The topological polar surface area (TPSA) is 96.6 Å². The predicted molar refractivity (Wildman–Crippen MR) is 118 cm³/mol. The highest BCUT2D eigenvalue weighted by atomic mass is 16.5. The van der Waals surface area contributed by atoms with Gasteiger partial charge in [0.2, 0.25) is 5.89 Å². The van der Waals surface area contributed by atoms with Gasteiger partial charge in [0.25, 0.3) is 0 Å². The average molecular weight is 426 g/mol. The number of ether oxygens (including phenoxy) is 1. The molecule has 166 valence electrons. The summed E-state index contributed by atoms with van der Waals surface area (Å²) in [7, 11) is 0. The van der Waals surface area contributed by atoms with Crippen molar-refractivity contribution in [1.82, 2.24) is 15.6 Å². The monoisotopic (exact) mass is 425 g/mol. The Morgan fingerprint density at radius 2 is 2.16 bits per heavy atom. The highest BCUT2D eigenvalue weighted by Crippen LogP contribution is 2.35. The van der Waals surface area contributed by atoms with Crippen molar-refractivity contribution in [3.63, 3.8) is 0 Å². The molecule has 0 saturated carbocycles. The summed E-state index contributed by atoms with van der Waals surface area (Å²) < 4.78 is 12.1. The van der Waals surface area contributed by atoms with Gasteiger partial charge in [-0.15, -0.1) is 0 Å². The molecule has 2 aromatic rings. The average Bonchev–Trinajstić information content (AvgIpc) is 3.13. The minimum absolute atomic E-state index is 0.0988. The lowest BCUT2D eigenvalue weighted by molar-refractivity contribution is -0.136. The van der Waals surface area contributed by atoms with Gasteiger partial charge in [0.1, 0.15) is 11.5 Å². The van der Waals surface area contributed by atoms with E-state index in [0.717, 1.165) is 60.2 Å². The van der Waals surface area contributed by atoms with Gasteiger partial charge in [0, 0.05) is 37.5 Å². The van der Waals surface area contributed by atoms with Crippen LogP contribution in [0.25, 0.3) is 5.57 Å². The van der Waals surface area contributed by atoms with Crippen molar-refractivity contribution in [2.24, 2.45) is 0 Å². The van der Waals surface area contributed by atoms with Gasteiger partial charge in [-0.1, -0.05) is 18.2 Å². The maximum atomic E-state index is 11.0. The van der Waals surface area contributed by atoms with Crippen molar-refractivity contribution in [3.05, 3.63) is 52.7 Å². The first-order chi connectivity index (χ1) is 15.0. The van der Waals surface area contributed by atoms with Gasteiger partial charge >= 0.3 is 5.97 Å². The fraction of sp³-hybridized carbons (Fsp3) is 0.500. The van der Waals surface area contributed by atoms with E-state index < -0.39 is 5.97 Å². The lowest BCUT2D eigenvalue weighted by atomic mass is 9.88. The molecule has 1 saturated heterocycles. The van der Waals surface area contributed by atoms with Gasteiger partial charge in [-0.05, 0) is 50.3 Å². The van der Waals surface area contributed by atoms with Crippen LogP contribution in [0.5, 0.6) is 5.75 Å². The molecule has 1 aliphatic carbocycles. The maximum absolute atomic E-state index is 11.0. The van der Waals surface area contributed by atoms with Crippen molar-refractivity contribution in [2.45, 2.75) is 58.0 Å². The molecule has 2 aliphatic rings. The molecular weight excluding hydrogens is 394 g/mol. The molecule has 0 amide bonds. The third-order valence-corrected chi connectivity index (χ3v) is 6.02. The number of fused-ring (bicyclic) bond motifs is 1. The summed E-state index contributed by atoms with van der Waals surface area (Å²) in [5.41, 5.74) is 4.33. The van der Waals surface area contributed by atoms with Crippen LogP contribution in [0.2, 0.25) is 0 Å². The molecule has 1 aliphatic heterocycles. The molecule has 1 aromatic carbocycles. The number of carbonyl (C=O) groups is 1. The number of aliphatic carboxylic acids is 1. The van der Waals surface area contributed by atoms with Crippen LogP contribution in [0.15, 0.2) is 28.7 Å². The Hall–Kier alpha value is -2.64. The van der Waals surface area contributed by atoms with E-state index in [-0.39, 0.29) is 12.5 Å². The normalized spacial score (nSPS) is 20.8. The fourth-order valence-corrected chi connectivity index (χ4v) is 4.28. The third-order valence-electron chi connectivity index (χ3n) is 6.02. The number of aromatic nitrogens is 1. The minimum atomic E-state index is -0.767. The number of aryl methyl sites for hydroxylation is 1. The van der Waals surface area contributed by atoms with Crippen molar-refractivity contribution in [2.75, 3.05) is 19.7 Å². The summed E-state index contributed by atoms with van der Waals surface area (Å²) in [5, 5.41) is 15.9. The second-order valence-corrected chi connectivity index (χ2v) is 8.37. The Labute approximate surface area is 182 Å². The summed E-state index contributed by atoms with van der Waals surface area (Å²) in [6.07, 6.45) is 5.36. The largest absolute Gasteiger partial charge is 0.493 e. The first-order valence-electron chi connectivity index (χ1n) is 11.1. The van der Waals surface area contributed by atoms with E-state index in [4.69, 9.17) is 19.2 Å². The number of nitrogens with one attached hydrogen (secondary N) is 2. The van der Waals surface area contributed by atoms with Crippen LogP contribution in [0.4, 0.5) is 0 Å². The van der Waals surface area contributed by atoms with Crippen LogP contribution >= 0.6 is 0 Å². The summed E-state index contributed by atoms with van der Waals surface area (Å²) in [4.78, 5) is 15.7. The van der Waals surface area contributed by atoms with Crippen molar-refractivity contribution in [1.29, 1.82) is 0 Å². The van der Waals surface area contributed by atoms with Gasteiger partial charge in [-0.2, -0.15) is 0 Å². The molecule has 0 radical (unpaired) electrons. The van der Waals surface area contributed by atoms with E-state index >= 15 is 0 Å². The number of rotatable bonds is 8. The van der Waals surface area contributed by atoms with Crippen LogP contribution in [0, 0.1) is 6.92 Å². The Balaban J connectivity index is 1.38. The lowest BCUT2D eigenvalue weighted by Gasteiger charge is -2.26. The summed E-state index contributed by atoms with van der Waals surface area (Å²) >= 11 is 0. The number of oxazole rings is 1. The molecular formula is C24H31N3O4. The molecule has 2 heterocycles. The van der Waals surface area contributed by atoms with E-state index in [0.29, 0.717) is 25.5 Å². The number of hydrogen-bond acceptors (Lipinski definition) is 6. The minimum Gasteiger partial charge on any atom is -0.493 e. The van der Waals surface area contributed by atoms with Crippen LogP contribution in [0.1, 0.15) is 60.7 Å². The molecule has 1 aromatic heterocycles. The molecule has 7 heteroatoms. The second-order valence-electron chi connectivity index (χ2n) is 8.37. The lowest BCUT2D eigenvalue weighted by Crippen LogP contribution is -2.48. The van der Waals surface area contributed by atoms with Crippen LogP contribution in [-0.2, 0) is 17.6 Å². The zero-order valence-corrected chi connectivity index (χ0v) is 18.2. The van der Waals surface area contributed by atoms with Gasteiger partial charge in [0.15, 0.2) is 0 Å². The quantitative estimate of drug-likeness (QED) is 0.596. The SMILES string of the molecule is Cc1oc(C2CNC(C)CN2)nc1CCOc1cccc2c1CCC=C2CCC(=O)O. The summed E-state index contributed by atoms with van der Waals surface area (Å²) in [5.74, 6) is 1.69. The number of piperazine rings is 1. The summed E-state index contributed by atoms with van der Waals surface area (Å²) in [6.45, 7) is 6.33. The second kappa shape index (κ2) is 9.66. The summed E-state index contributed by atoms with van der Waals surface area (Å²) in [6, 6.07) is 6.60. The van der Waals surface area contributed by atoms with Crippen LogP contribution in [-0.4, -0.2) is 41.8 Å². The molecule has 1 fully saturated rings. The van der Waals surface area contributed by atoms with Crippen molar-refractivity contribution < 1.29 is 19.1 Å². The molecule has 3 N–H and O–H groups in total. The Kier molecular flexibility index (Phi) is 6.73. The van der Waals surface area contributed by atoms with Gasteiger partial charge in [0.05, 0.1) is 18.3 Å². The van der Waals surface area contributed by atoms with E-state index in [2.05, 4.69) is 29.7 Å². The van der Waals surface area contributed by atoms with Crippen LogP contribution in [0.3, 0.4) is 0 Å². The number of hydrogen-bond donors (Lipinski definition) is 3.